The largest absolute Gasteiger partial charge is 0.417 e. The lowest BCUT2D eigenvalue weighted by molar-refractivity contribution is -0.137. The van der Waals surface area contributed by atoms with E-state index in [1.165, 1.54) is 17.4 Å². The highest BCUT2D eigenvalue weighted by molar-refractivity contribution is 7.15. The van der Waals surface area contributed by atoms with E-state index in [9.17, 15) is 18.0 Å². The van der Waals surface area contributed by atoms with Crippen LogP contribution in [-0.2, 0) is 17.4 Å². The van der Waals surface area contributed by atoms with E-state index >= 15 is 0 Å². The zero-order valence-corrected chi connectivity index (χ0v) is 16.3. The Morgan fingerprint density at radius 1 is 1.29 bits per heavy atom. The van der Waals surface area contributed by atoms with Crippen molar-refractivity contribution in [2.45, 2.75) is 45.2 Å². The summed E-state index contributed by atoms with van der Waals surface area (Å²) in [6.07, 6.45) is 0.651. The molecule has 0 saturated carbocycles. The highest BCUT2D eigenvalue weighted by Crippen LogP contribution is 2.30. The second kappa shape index (κ2) is 8.85. The maximum absolute atomic E-state index is 12.6. The van der Waals surface area contributed by atoms with Crippen molar-refractivity contribution in [3.05, 3.63) is 28.9 Å². The van der Waals surface area contributed by atoms with E-state index in [1.807, 2.05) is 4.90 Å². The molecule has 0 spiro atoms. The lowest BCUT2D eigenvalue weighted by Crippen LogP contribution is -2.38. The first-order valence-corrected chi connectivity index (χ1v) is 10.1. The quantitative estimate of drug-likeness (QED) is 0.770. The summed E-state index contributed by atoms with van der Waals surface area (Å²) in [6, 6.07) is 2.41. The molecule has 3 heterocycles. The van der Waals surface area contributed by atoms with E-state index < -0.39 is 11.7 Å². The summed E-state index contributed by atoms with van der Waals surface area (Å²) in [5, 5.41) is 12.4. The fourth-order valence-electron chi connectivity index (χ4n) is 3.05. The van der Waals surface area contributed by atoms with Gasteiger partial charge in [0.05, 0.1) is 5.56 Å². The molecule has 1 amide bonds. The van der Waals surface area contributed by atoms with Gasteiger partial charge in [0, 0.05) is 31.6 Å². The Morgan fingerprint density at radius 2 is 2.04 bits per heavy atom. The van der Waals surface area contributed by atoms with E-state index in [2.05, 4.69) is 27.4 Å². The normalized spacial score (nSPS) is 15.6. The van der Waals surface area contributed by atoms with Gasteiger partial charge in [0.1, 0.15) is 10.8 Å². The van der Waals surface area contributed by atoms with Gasteiger partial charge in [0.25, 0.3) is 0 Å². The average molecular weight is 413 g/mol. The molecule has 6 nitrogen and oxygen atoms in total. The Bertz CT molecular complexity index is 785. The predicted octanol–water partition coefficient (Wildman–Crippen LogP) is 4.15. The number of nitrogens with one attached hydrogen (secondary N) is 1. The maximum atomic E-state index is 12.6. The Labute approximate surface area is 165 Å². The molecule has 1 fully saturated rings. The summed E-state index contributed by atoms with van der Waals surface area (Å²) in [6.45, 7) is 3.24. The molecular formula is C18H22F3N5OS. The number of pyridine rings is 1. The second-order valence-electron chi connectivity index (χ2n) is 6.76. The van der Waals surface area contributed by atoms with E-state index in [4.69, 9.17) is 0 Å². The molecule has 1 N–H and O–H groups in total. The minimum atomic E-state index is -4.39. The Balaban J connectivity index is 1.50. The summed E-state index contributed by atoms with van der Waals surface area (Å²) in [5.74, 6) is 0.253. The van der Waals surface area contributed by atoms with Gasteiger partial charge in [0.15, 0.2) is 0 Å². The van der Waals surface area contributed by atoms with E-state index in [-0.39, 0.29) is 11.8 Å². The lowest BCUT2D eigenvalue weighted by Gasteiger charge is -2.32. The van der Waals surface area contributed by atoms with E-state index in [0.717, 1.165) is 36.5 Å². The van der Waals surface area contributed by atoms with E-state index in [0.29, 0.717) is 36.9 Å². The number of aromatic nitrogens is 3. The van der Waals surface area contributed by atoms with Crippen molar-refractivity contribution >= 4 is 28.2 Å². The van der Waals surface area contributed by atoms with Crippen LogP contribution in [0.2, 0.25) is 0 Å². The molecule has 0 radical (unpaired) electrons. The van der Waals surface area contributed by atoms with Gasteiger partial charge < -0.3 is 10.2 Å². The zero-order valence-electron chi connectivity index (χ0n) is 15.5. The molecule has 2 aromatic heterocycles. The molecule has 1 aliphatic heterocycles. The van der Waals surface area contributed by atoms with E-state index in [1.54, 1.807) is 0 Å². The van der Waals surface area contributed by atoms with Crippen molar-refractivity contribution < 1.29 is 18.0 Å². The number of carbonyl (C=O) groups excluding carboxylic acids is 1. The molecule has 28 heavy (non-hydrogen) atoms. The van der Waals surface area contributed by atoms with Crippen LogP contribution >= 0.6 is 11.3 Å². The molecule has 152 valence electrons. The Hall–Kier alpha value is -2.23. The third kappa shape index (κ3) is 5.18. The molecule has 3 rings (SSSR count). The number of hydrogen-bond donors (Lipinski definition) is 1. The fraction of sp³-hybridized carbons (Fsp3) is 0.556. The van der Waals surface area contributed by atoms with Crippen molar-refractivity contribution in [1.82, 2.24) is 15.2 Å². The van der Waals surface area contributed by atoms with Gasteiger partial charge in [0.2, 0.25) is 11.0 Å². The van der Waals surface area contributed by atoms with Crippen LogP contribution in [0.3, 0.4) is 0 Å². The van der Waals surface area contributed by atoms with Crippen LogP contribution in [0, 0.1) is 5.92 Å². The molecular weight excluding hydrogens is 391 g/mol. The number of anilines is 2. The van der Waals surface area contributed by atoms with Gasteiger partial charge >= 0.3 is 6.18 Å². The second-order valence-corrected chi connectivity index (χ2v) is 7.82. The summed E-state index contributed by atoms with van der Waals surface area (Å²) in [4.78, 5) is 18.3. The number of nitrogens with zero attached hydrogens (tertiary/aromatic N) is 4. The van der Waals surface area contributed by atoms with Crippen molar-refractivity contribution in [1.29, 1.82) is 0 Å². The summed E-state index contributed by atoms with van der Waals surface area (Å²) in [7, 11) is 0. The number of aryl methyl sites for hydroxylation is 1. The Kier molecular flexibility index (Phi) is 6.48. The van der Waals surface area contributed by atoms with Gasteiger partial charge in [-0.25, -0.2) is 4.98 Å². The average Bonchev–Trinajstić information content (AvgIpc) is 3.13. The molecule has 0 unspecified atom stereocenters. The highest BCUT2D eigenvalue weighted by Gasteiger charge is 2.31. The monoisotopic (exact) mass is 413 g/mol. The smallest absolute Gasteiger partial charge is 0.357 e. The summed E-state index contributed by atoms with van der Waals surface area (Å²) < 4.78 is 37.9. The number of rotatable bonds is 6. The number of carbonyl (C=O) groups is 1. The van der Waals surface area contributed by atoms with Gasteiger partial charge in [-0.3, -0.25) is 4.79 Å². The van der Waals surface area contributed by atoms with Crippen molar-refractivity contribution in [2.75, 3.05) is 23.3 Å². The number of amides is 1. The topological polar surface area (TPSA) is 71.0 Å². The molecule has 0 bridgehead atoms. The lowest BCUT2D eigenvalue weighted by atomic mass is 9.96. The number of piperidine rings is 1. The number of hydrogen-bond acceptors (Lipinski definition) is 6. The van der Waals surface area contributed by atoms with Crippen LogP contribution in [-0.4, -0.2) is 34.2 Å². The molecule has 1 aliphatic rings. The van der Waals surface area contributed by atoms with Gasteiger partial charge in [-0.15, -0.1) is 10.2 Å². The molecule has 0 aliphatic carbocycles. The summed E-state index contributed by atoms with van der Waals surface area (Å²) >= 11 is 1.40. The third-order valence-electron chi connectivity index (χ3n) is 4.71. The standard InChI is InChI=1S/C18H22F3N5OS/c1-2-3-4-15-24-25-17(28-15)23-16(27)12-7-9-26(10-8-12)14-6-5-13(11-22-14)18(19,20)21/h5-6,11-12H,2-4,7-10H2,1H3,(H,23,25,27). The number of unbranched alkanes of at least 4 members (excludes halogenated alkanes) is 1. The molecule has 0 atom stereocenters. The maximum Gasteiger partial charge on any atom is 0.417 e. The van der Waals surface area contributed by atoms with Crippen LogP contribution < -0.4 is 10.2 Å². The number of alkyl halides is 3. The van der Waals surface area contributed by atoms with Crippen molar-refractivity contribution in [3.8, 4) is 0 Å². The zero-order chi connectivity index (χ0) is 20.1. The highest BCUT2D eigenvalue weighted by atomic mass is 32.1. The SMILES string of the molecule is CCCCc1nnc(NC(=O)C2CCN(c3ccc(C(F)(F)F)cn3)CC2)s1. The third-order valence-corrected chi connectivity index (χ3v) is 5.60. The first kappa shape index (κ1) is 20.5. The van der Waals surface area contributed by atoms with Crippen LogP contribution in [0.15, 0.2) is 18.3 Å². The van der Waals surface area contributed by atoms with Crippen LogP contribution in [0.4, 0.5) is 24.1 Å². The predicted molar refractivity (Wildman–Crippen MR) is 101 cm³/mol. The van der Waals surface area contributed by atoms with Crippen molar-refractivity contribution in [2.24, 2.45) is 5.92 Å². The first-order chi connectivity index (χ1) is 13.4. The molecule has 2 aromatic rings. The van der Waals surface area contributed by atoms with Gasteiger partial charge in [-0.05, 0) is 31.4 Å². The van der Waals surface area contributed by atoms with Crippen LogP contribution in [0.1, 0.15) is 43.2 Å². The minimum Gasteiger partial charge on any atom is -0.357 e. The fourth-order valence-corrected chi connectivity index (χ4v) is 3.84. The minimum absolute atomic E-state index is 0.0850. The van der Waals surface area contributed by atoms with Gasteiger partial charge in [-0.1, -0.05) is 24.7 Å². The number of halogens is 3. The first-order valence-electron chi connectivity index (χ1n) is 9.28. The molecule has 10 heteroatoms. The van der Waals surface area contributed by atoms with Crippen molar-refractivity contribution in [3.63, 3.8) is 0 Å². The van der Waals surface area contributed by atoms with Gasteiger partial charge in [-0.2, -0.15) is 13.2 Å². The van der Waals surface area contributed by atoms with Crippen LogP contribution in [0.5, 0.6) is 0 Å². The summed E-state index contributed by atoms with van der Waals surface area (Å²) in [5.41, 5.74) is -0.763. The molecule has 1 saturated heterocycles. The Morgan fingerprint density at radius 3 is 2.64 bits per heavy atom. The molecule has 0 aromatic carbocycles. The van der Waals surface area contributed by atoms with Crippen LogP contribution in [0.25, 0.3) is 0 Å².